The van der Waals surface area contributed by atoms with Crippen LogP contribution < -0.4 is 10.4 Å². The summed E-state index contributed by atoms with van der Waals surface area (Å²) in [5, 5.41) is 12.0. The van der Waals surface area contributed by atoms with Crippen molar-refractivity contribution in [2.45, 2.75) is 33.3 Å². The number of furan rings is 1. The predicted octanol–water partition coefficient (Wildman–Crippen LogP) is 3.00. The van der Waals surface area contributed by atoms with Crippen molar-refractivity contribution in [3.05, 3.63) is 54.5 Å². The zero-order valence-corrected chi connectivity index (χ0v) is 14.9. The van der Waals surface area contributed by atoms with Gasteiger partial charge < -0.3 is 9.52 Å². The van der Waals surface area contributed by atoms with E-state index in [1.54, 1.807) is 64.1 Å². The van der Waals surface area contributed by atoms with Gasteiger partial charge in [0.05, 0.1) is 12.0 Å². The predicted molar refractivity (Wildman–Crippen MR) is 94.7 cm³/mol. The third-order valence-electron chi connectivity index (χ3n) is 4.29. The van der Waals surface area contributed by atoms with Crippen LogP contribution in [0.25, 0.3) is 0 Å². The maximum Gasteiger partial charge on any atom is 0.312 e. The molecule has 0 saturated carbocycles. The van der Waals surface area contributed by atoms with Crippen molar-refractivity contribution in [2.24, 2.45) is 11.8 Å². The van der Waals surface area contributed by atoms with Crippen molar-refractivity contribution in [2.75, 3.05) is 5.01 Å². The van der Waals surface area contributed by atoms with Crippen molar-refractivity contribution >= 4 is 17.5 Å². The summed E-state index contributed by atoms with van der Waals surface area (Å²) in [4.78, 5) is 25.6. The van der Waals surface area contributed by atoms with E-state index in [-0.39, 0.29) is 17.6 Å². The first-order valence-corrected chi connectivity index (χ1v) is 8.25. The van der Waals surface area contributed by atoms with E-state index >= 15 is 0 Å². The molecule has 1 heterocycles. The Kier molecular flexibility index (Phi) is 5.64. The molecule has 0 fully saturated rings. The fraction of sp³-hybridized carbons (Fsp3) is 0.368. The van der Waals surface area contributed by atoms with E-state index in [0.29, 0.717) is 5.69 Å². The maximum atomic E-state index is 12.8. The van der Waals surface area contributed by atoms with E-state index in [1.165, 1.54) is 12.3 Å². The molecule has 0 radical (unpaired) electrons. The molecule has 2 amide bonds. The summed E-state index contributed by atoms with van der Waals surface area (Å²) in [6.07, 6.45) is 1.39. The molecule has 0 unspecified atom stereocenters. The second-order valence-electron chi connectivity index (χ2n) is 6.53. The molecule has 0 aliphatic heterocycles. The van der Waals surface area contributed by atoms with Gasteiger partial charge in [0, 0.05) is 0 Å². The van der Waals surface area contributed by atoms with Gasteiger partial charge in [0.25, 0.3) is 5.91 Å². The number of carbonyl (C=O) groups is 2. The number of rotatable bonds is 5. The lowest BCUT2D eigenvalue weighted by atomic mass is 9.80. The quantitative estimate of drug-likeness (QED) is 0.817. The Morgan fingerprint density at radius 2 is 1.64 bits per heavy atom. The molecule has 134 valence electrons. The summed E-state index contributed by atoms with van der Waals surface area (Å²) in [5.41, 5.74) is 1.41. The van der Waals surface area contributed by atoms with Crippen LogP contribution >= 0.6 is 0 Å². The van der Waals surface area contributed by atoms with Crippen LogP contribution in [0.5, 0.6) is 0 Å². The van der Waals surface area contributed by atoms with E-state index in [0.717, 1.165) is 5.01 Å². The summed E-state index contributed by atoms with van der Waals surface area (Å²) in [7, 11) is 0. The molecule has 0 saturated heterocycles. The number of amides is 2. The number of aliphatic hydroxyl groups is 1. The number of hydrogen-bond donors (Lipinski definition) is 2. The minimum atomic E-state index is -1.61. The van der Waals surface area contributed by atoms with Gasteiger partial charge in [0.15, 0.2) is 5.76 Å². The lowest BCUT2D eigenvalue weighted by molar-refractivity contribution is -0.150. The summed E-state index contributed by atoms with van der Waals surface area (Å²) in [6, 6.07) is 11.8. The molecule has 1 aromatic carbocycles. The van der Waals surface area contributed by atoms with Gasteiger partial charge in [-0.1, -0.05) is 45.9 Å². The zero-order valence-electron chi connectivity index (χ0n) is 14.9. The Balaban J connectivity index is 2.37. The number of hydrazine groups is 1. The molecule has 0 aliphatic carbocycles. The number of para-hydroxylation sites is 1. The molecule has 2 N–H and O–H groups in total. The highest BCUT2D eigenvalue weighted by atomic mass is 16.3. The van der Waals surface area contributed by atoms with Crippen LogP contribution in [0.15, 0.2) is 53.1 Å². The van der Waals surface area contributed by atoms with Gasteiger partial charge in [-0.25, -0.2) is 5.01 Å². The smallest absolute Gasteiger partial charge is 0.312 e. The molecule has 6 heteroatoms. The SMILES string of the molecule is CC(C)C(O)(C(=O)NN(C(=O)c1ccco1)c1ccccc1)C(C)C. The average Bonchev–Trinajstić information content (AvgIpc) is 3.13. The number of nitrogens with zero attached hydrogens (tertiary/aromatic N) is 1. The number of benzene rings is 1. The van der Waals surface area contributed by atoms with Gasteiger partial charge >= 0.3 is 5.91 Å². The van der Waals surface area contributed by atoms with E-state index in [1.807, 2.05) is 0 Å². The number of carbonyl (C=O) groups excluding carboxylic acids is 2. The number of nitrogens with one attached hydrogen (secondary N) is 1. The van der Waals surface area contributed by atoms with Gasteiger partial charge in [-0.3, -0.25) is 15.0 Å². The van der Waals surface area contributed by atoms with Gasteiger partial charge in [-0.2, -0.15) is 0 Å². The maximum absolute atomic E-state index is 12.8. The average molecular weight is 344 g/mol. The summed E-state index contributed by atoms with van der Waals surface area (Å²) in [5.74, 6) is -1.74. The van der Waals surface area contributed by atoms with E-state index < -0.39 is 17.4 Å². The molecular weight excluding hydrogens is 320 g/mol. The Morgan fingerprint density at radius 3 is 2.12 bits per heavy atom. The Hall–Kier alpha value is -2.60. The monoisotopic (exact) mass is 344 g/mol. The molecule has 1 aromatic heterocycles. The Bertz CT molecular complexity index is 700. The van der Waals surface area contributed by atoms with Crippen LogP contribution in [0.2, 0.25) is 0 Å². The lowest BCUT2D eigenvalue weighted by Crippen LogP contribution is -2.59. The molecule has 0 aliphatic rings. The second-order valence-corrected chi connectivity index (χ2v) is 6.53. The van der Waals surface area contributed by atoms with E-state index in [4.69, 9.17) is 4.42 Å². The van der Waals surface area contributed by atoms with Crippen LogP contribution in [0, 0.1) is 11.8 Å². The normalized spacial score (nSPS) is 11.6. The fourth-order valence-electron chi connectivity index (χ4n) is 2.70. The molecule has 2 aromatic rings. The summed E-state index contributed by atoms with van der Waals surface area (Å²) >= 11 is 0. The highest BCUT2D eigenvalue weighted by Crippen LogP contribution is 2.27. The molecule has 6 nitrogen and oxygen atoms in total. The lowest BCUT2D eigenvalue weighted by Gasteiger charge is -2.36. The topological polar surface area (TPSA) is 82.8 Å². The fourth-order valence-corrected chi connectivity index (χ4v) is 2.70. The Labute approximate surface area is 147 Å². The first-order valence-electron chi connectivity index (χ1n) is 8.25. The largest absolute Gasteiger partial charge is 0.459 e. The minimum absolute atomic E-state index is 0.0850. The van der Waals surface area contributed by atoms with Crippen LogP contribution in [0.4, 0.5) is 5.69 Å². The number of hydrogen-bond acceptors (Lipinski definition) is 4. The van der Waals surface area contributed by atoms with Crippen LogP contribution in [-0.2, 0) is 4.79 Å². The first kappa shape index (κ1) is 18.7. The van der Waals surface area contributed by atoms with E-state index in [9.17, 15) is 14.7 Å². The molecule has 25 heavy (non-hydrogen) atoms. The molecular formula is C19H24N2O4. The van der Waals surface area contributed by atoms with Gasteiger partial charge in [-0.15, -0.1) is 0 Å². The highest BCUT2D eigenvalue weighted by molar-refractivity contribution is 6.06. The summed E-state index contributed by atoms with van der Waals surface area (Å²) < 4.78 is 5.15. The van der Waals surface area contributed by atoms with Gasteiger partial charge in [0.2, 0.25) is 0 Å². The van der Waals surface area contributed by atoms with Crippen molar-refractivity contribution in [3.63, 3.8) is 0 Å². The first-order chi connectivity index (χ1) is 11.8. The van der Waals surface area contributed by atoms with E-state index in [2.05, 4.69) is 5.43 Å². The minimum Gasteiger partial charge on any atom is -0.459 e. The van der Waals surface area contributed by atoms with Crippen LogP contribution in [-0.4, -0.2) is 22.5 Å². The molecule has 0 bridgehead atoms. The Morgan fingerprint density at radius 1 is 1.04 bits per heavy atom. The molecule has 2 rings (SSSR count). The third-order valence-corrected chi connectivity index (χ3v) is 4.29. The number of anilines is 1. The molecule has 0 spiro atoms. The zero-order chi connectivity index (χ0) is 18.6. The van der Waals surface area contributed by atoms with Crippen molar-refractivity contribution in [1.82, 2.24) is 5.43 Å². The second kappa shape index (κ2) is 7.53. The van der Waals surface area contributed by atoms with Crippen LogP contribution in [0.1, 0.15) is 38.2 Å². The van der Waals surface area contributed by atoms with Crippen molar-refractivity contribution < 1.29 is 19.1 Å². The van der Waals surface area contributed by atoms with Crippen LogP contribution in [0.3, 0.4) is 0 Å². The van der Waals surface area contributed by atoms with Crippen molar-refractivity contribution in [1.29, 1.82) is 0 Å². The molecule has 0 atom stereocenters. The van der Waals surface area contributed by atoms with Gasteiger partial charge in [-0.05, 0) is 36.1 Å². The summed E-state index contributed by atoms with van der Waals surface area (Å²) in [6.45, 7) is 7.06. The highest BCUT2D eigenvalue weighted by Gasteiger charge is 2.43. The van der Waals surface area contributed by atoms with Gasteiger partial charge in [0.1, 0.15) is 5.60 Å². The third kappa shape index (κ3) is 3.74. The van der Waals surface area contributed by atoms with Crippen molar-refractivity contribution in [3.8, 4) is 0 Å². The standard InChI is InChI=1S/C19H24N2O4/c1-13(2)19(24,14(3)4)18(23)20-21(15-9-6-5-7-10-15)17(22)16-11-8-12-25-16/h5-14,24H,1-4H3,(H,20,23).